The highest BCUT2D eigenvalue weighted by atomic mass is 16.5. The Labute approximate surface area is 129 Å². The molecule has 2 aliphatic rings. The second-order valence-corrected chi connectivity index (χ2v) is 6.06. The van der Waals surface area contributed by atoms with Crippen LogP contribution in [0.1, 0.15) is 24.5 Å². The topological polar surface area (TPSA) is 73.4 Å². The fraction of sp³-hybridized carbons (Fsp3) is 0.353. The molecule has 0 amide bonds. The summed E-state index contributed by atoms with van der Waals surface area (Å²) >= 11 is 0. The first kappa shape index (κ1) is 13.2. The number of fused-ring (bicyclic) bond motifs is 1. The van der Waals surface area contributed by atoms with E-state index in [2.05, 4.69) is 40.1 Å². The monoisotopic (exact) mass is 294 g/mol. The van der Waals surface area contributed by atoms with Crippen molar-refractivity contribution in [3.05, 3.63) is 48.0 Å². The Morgan fingerprint density at radius 3 is 2.82 bits per heavy atom. The van der Waals surface area contributed by atoms with Crippen LogP contribution in [-0.2, 0) is 17.6 Å². The molecule has 1 aromatic carbocycles. The van der Waals surface area contributed by atoms with Crippen LogP contribution in [-0.4, -0.2) is 27.6 Å². The molecule has 2 N–H and O–H groups in total. The summed E-state index contributed by atoms with van der Waals surface area (Å²) in [5.41, 5.74) is 10.5. The molecule has 5 heteroatoms. The number of hydrogen-bond acceptors (Lipinski definition) is 5. The first-order valence-corrected chi connectivity index (χ1v) is 7.56. The lowest BCUT2D eigenvalue weighted by atomic mass is 9.75. The first-order valence-electron chi connectivity index (χ1n) is 7.56. The Balaban J connectivity index is 1.74. The zero-order chi connectivity index (χ0) is 15.2. The lowest BCUT2D eigenvalue weighted by Gasteiger charge is -2.37. The second-order valence-electron chi connectivity index (χ2n) is 6.06. The molecule has 0 fully saturated rings. The Morgan fingerprint density at radius 1 is 1.27 bits per heavy atom. The molecule has 1 aliphatic heterocycles. The first-order chi connectivity index (χ1) is 10.7. The van der Waals surface area contributed by atoms with Crippen molar-refractivity contribution in [3.8, 4) is 11.1 Å². The summed E-state index contributed by atoms with van der Waals surface area (Å²) in [5, 5.41) is 0. The van der Waals surface area contributed by atoms with Gasteiger partial charge in [0.2, 0.25) is 0 Å². The van der Waals surface area contributed by atoms with Crippen molar-refractivity contribution < 1.29 is 4.74 Å². The molecule has 1 spiro atoms. The van der Waals surface area contributed by atoms with Crippen molar-refractivity contribution in [2.24, 2.45) is 10.7 Å². The van der Waals surface area contributed by atoms with Gasteiger partial charge in [-0.2, -0.15) is 0 Å². The minimum Gasteiger partial charge on any atom is -0.456 e. The lowest BCUT2D eigenvalue weighted by molar-refractivity contribution is 0.0448. The summed E-state index contributed by atoms with van der Waals surface area (Å²) in [6.07, 6.45) is 8.01. The summed E-state index contributed by atoms with van der Waals surface area (Å²) in [7, 11) is 0. The van der Waals surface area contributed by atoms with Gasteiger partial charge >= 0.3 is 0 Å². The molecular formula is C17H18N4O. The summed E-state index contributed by atoms with van der Waals surface area (Å²) in [6.45, 7) is 2.08. The third-order valence-electron chi connectivity index (χ3n) is 4.82. The van der Waals surface area contributed by atoms with Crippen LogP contribution in [0.3, 0.4) is 0 Å². The molecule has 0 bridgehead atoms. The summed E-state index contributed by atoms with van der Waals surface area (Å²) < 4.78 is 5.91. The van der Waals surface area contributed by atoms with E-state index in [-0.39, 0.29) is 11.6 Å². The van der Waals surface area contributed by atoms with Gasteiger partial charge in [-0.3, -0.25) is 0 Å². The minimum absolute atomic E-state index is 0.101. The van der Waals surface area contributed by atoms with Crippen LogP contribution in [0.4, 0.5) is 0 Å². The molecule has 0 unspecified atom stereocenters. The van der Waals surface area contributed by atoms with E-state index in [1.54, 1.807) is 6.33 Å². The average Bonchev–Trinajstić information content (AvgIpc) is 2.80. The molecule has 2 atom stereocenters. The van der Waals surface area contributed by atoms with Crippen LogP contribution in [0.2, 0.25) is 0 Å². The molecule has 0 saturated heterocycles. The zero-order valence-corrected chi connectivity index (χ0v) is 12.5. The van der Waals surface area contributed by atoms with Crippen LogP contribution >= 0.6 is 0 Å². The molecule has 22 heavy (non-hydrogen) atoms. The predicted molar refractivity (Wildman–Crippen MR) is 84.4 cm³/mol. The number of benzene rings is 1. The quantitative estimate of drug-likeness (QED) is 0.874. The van der Waals surface area contributed by atoms with Crippen LogP contribution < -0.4 is 5.73 Å². The smallest absolute Gasteiger partial charge is 0.282 e. The van der Waals surface area contributed by atoms with Crippen molar-refractivity contribution in [2.45, 2.75) is 37.8 Å². The standard InChI is InChI=1S/C17H18N4O/c1-11-17(22-16(18)21-11)6-5-15-12(7-17)3-2-4-14(15)13-8-19-10-20-9-13/h2-4,8-11H,5-7H2,1H3,(H2,18,21)/t11-,17+/m1/s1. The molecule has 4 rings (SSSR count). The van der Waals surface area contributed by atoms with Gasteiger partial charge in [0.05, 0.1) is 6.04 Å². The van der Waals surface area contributed by atoms with Gasteiger partial charge in [0.15, 0.2) is 0 Å². The summed E-state index contributed by atoms with van der Waals surface area (Å²) in [4.78, 5) is 12.6. The maximum absolute atomic E-state index is 5.91. The Morgan fingerprint density at radius 2 is 2.09 bits per heavy atom. The second kappa shape index (κ2) is 4.80. The molecule has 1 aromatic heterocycles. The van der Waals surface area contributed by atoms with Gasteiger partial charge < -0.3 is 10.5 Å². The molecule has 112 valence electrons. The van der Waals surface area contributed by atoms with E-state index in [0.717, 1.165) is 24.8 Å². The average molecular weight is 294 g/mol. The van der Waals surface area contributed by atoms with Gasteiger partial charge in [-0.1, -0.05) is 18.2 Å². The third-order valence-corrected chi connectivity index (χ3v) is 4.82. The van der Waals surface area contributed by atoms with Crippen molar-refractivity contribution in [2.75, 3.05) is 0 Å². The number of nitrogens with zero attached hydrogens (tertiary/aromatic N) is 3. The number of rotatable bonds is 1. The van der Waals surface area contributed by atoms with Gasteiger partial charge in [0.25, 0.3) is 6.02 Å². The molecule has 2 aromatic rings. The van der Waals surface area contributed by atoms with E-state index in [4.69, 9.17) is 10.5 Å². The predicted octanol–water partition coefficient (Wildman–Crippen LogP) is 2.10. The van der Waals surface area contributed by atoms with Gasteiger partial charge in [-0.25, -0.2) is 15.0 Å². The van der Waals surface area contributed by atoms with Crippen LogP contribution in [0.25, 0.3) is 11.1 Å². The van der Waals surface area contributed by atoms with E-state index in [9.17, 15) is 0 Å². The van der Waals surface area contributed by atoms with Crippen molar-refractivity contribution in [1.29, 1.82) is 0 Å². The van der Waals surface area contributed by atoms with E-state index in [0.29, 0.717) is 6.02 Å². The van der Waals surface area contributed by atoms with E-state index in [1.807, 2.05) is 12.4 Å². The highest BCUT2D eigenvalue weighted by molar-refractivity contribution is 5.75. The number of nitrogens with two attached hydrogens (primary N) is 1. The maximum Gasteiger partial charge on any atom is 0.282 e. The fourth-order valence-corrected chi connectivity index (χ4v) is 3.62. The molecule has 5 nitrogen and oxygen atoms in total. The number of aromatic nitrogens is 2. The van der Waals surface area contributed by atoms with Crippen LogP contribution in [0.15, 0.2) is 41.9 Å². The SMILES string of the molecule is C[C@H]1N=C(N)O[C@]12CCc1c(cccc1-c1cncnc1)C2. The van der Waals surface area contributed by atoms with Crippen LogP contribution in [0, 0.1) is 0 Å². The molecule has 0 saturated carbocycles. The van der Waals surface area contributed by atoms with Gasteiger partial charge in [-0.15, -0.1) is 0 Å². The highest BCUT2D eigenvalue weighted by Gasteiger charge is 2.46. The van der Waals surface area contributed by atoms with Crippen molar-refractivity contribution in [3.63, 3.8) is 0 Å². The van der Waals surface area contributed by atoms with Crippen LogP contribution in [0.5, 0.6) is 0 Å². The normalized spacial score (nSPS) is 26.4. The van der Waals surface area contributed by atoms with Crippen molar-refractivity contribution >= 4 is 6.02 Å². The van der Waals surface area contributed by atoms with Crippen molar-refractivity contribution in [1.82, 2.24) is 9.97 Å². The largest absolute Gasteiger partial charge is 0.456 e. The summed E-state index contributed by atoms with van der Waals surface area (Å²) in [5.74, 6) is 0. The number of ether oxygens (including phenoxy) is 1. The minimum atomic E-state index is -0.275. The molecular weight excluding hydrogens is 276 g/mol. The third kappa shape index (κ3) is 1.96. The zero-order valence-electron chi connectivity index (χ0n) is 12.5. The number of hydrogen-bond donors (Lipinski definition) is 1. The van der Waals surface area contributed by atoms with E-state index >= 15 is 0 Å². The Kier molecular flexibility index (Phi) is 2.89. The Hall–Kier alpha value is -2.43. The number of aliphatic imine (C=N–C) groups is 1. The highest BCUT2D eigenvalue weighted by Crippen LogP contribution is 2.41. The summed E-state index contributed by atoms with van der Waals surface area (Å²) in [6, 6.07) is 6.82. The maximum atomic E-state index is 5.91. The molecule has 1 aliphatic carbocycles. The fourth-order valence-electron chi connectivity index (χ4n) is 3.62. The molecule has 0 radical (unpaired) electrons. The molecule has 2 heterocycles. The van der Waals surface area contributed by atoms with E-state index in [1.165, 1.54) is 16.7 Å². The Bertz CT molecular complexity index is 744. The lowest BCUT2D eigenvalue weighted by Crippen LogP contribution is -2.45. The van der Waals surface area contributed by atoms with Gasteiger partial charge in [0, 0.05) is 24.4 Å². The number of amidine groups is 1. The van der Waals surface area contributed by atoms with Gasteiger partial charge in [0.1, 0.15) is 11.9 Å². The van der Waals surface area contributed by atoms with E-state index < -0.39 is 0 Å². The van der Waals surface area contributed by atoms with Gasteiger partial charge in [-0.05, 0) is 36.5 Å².